The molecule has 0 radical (unpaired) electrons. The zero-order chi connectivity index (χ0) is 14.7. The lowest BCUT2D eigenvalue weighted by Crippen LogP contribution is -2.14. The van der Waals surface area contributed by atoms with Crippen molar-refractivity contribution in [3.8, 4) is 0 Å². The molecule has 0 unspecified atom stereocenters. The van der Waals surface area contributed by atoms with E-state index >= 15 is 0 Å². The summed E-state index contributed by atoms with van der Waals surface area (Å²) in [7, 11) is 0. The molecule has 0 saturated heterocycles. The molecule has 5 heteroatoms. The Morgan fingerprint density at radius 2 is 2.05 bits per heavy atom. The molecule has 0 fully saturated rings. The van der Waals surface area contributed by atoms with Crippen molar-refractivity contribution in [2.24, 2.45) is 5.73 Å². The van der Waals surface area contributed by atoms with E-state index in [1.807, 2.05) is 6.92 Å². The average molecular weight is 299 g/mol. The Morgan fingerprint density at radius 3 is 2.65 bits per heavy atom. The molecular weight excluding hydrogens is 279 g/mol. The summed E-state index contributed by atoms with van der Waals surface area (Å²) in [6.07, 6.45) is 3.52. The summed E-state index contributed by atoms with van der Waals surface area (Å²) in [5.74, 6) is -1.12. The van der Waals surface area contributed by atoms with E-state index in [0.29, 0.717) is 17.5 Å². The number of rotatable bonds is 4. The minimum atomic E-state index is -0.645. The fourth-order valence-corrected chi connectivity index (χ4v) is 2.16. The van der Waals surface area contributed by atoms with E-state index < -0.39 is 17.6 Å². The molecule has 0 spiro atoms. The van der Waals surface area contributed by atoms with E-state index in [2.05, 4.69) is 4.98 Å². The van der Waals surface area contributed by atoms with Crippen LogP contribution in [0.1, 0.15) is 45.2 Å². The summed E-state index contributed by atoms with van der Waals surface area (Å²) < 4.78 is 14.5. The number of benzene rings is 1. The fraction of sp³-hybridized carbons (Fsp3) is 0.200. The van der Waals surface area contributed by atoms with Gasteiger partial charge in [-0.3, -0.25) is 9.78 Å². The predicted molar refractivity (Wildman–Crippen MR) is 82.6 cm³/mol. The van der Waals surface area contributed by atoms with E-state index in [9.17, 15) is 9.18 Å². The van der Waals surface area contributed by atoms with E-state index in [1.165, 1.54) is 36.7 Å². The van der Waals surface area contributed by atoms with Crippen molar-refractivity contribution in [2.45, 2.75) is 19.4 Å². The Kier molecular flexibility index (Phi) is 4.47. The van der Waals surface area contributed by atoms with Crippen LogP contribution >= 0.6 is 11.6 Å². The smallest absolute Gasteiger partial charge is 0.197 e. The lowest BCUT2D eigenvalue weighted by molar-refractivity contribution is 0.103. The number of aromatic nitrogens is 1. The summed E-state index contributed by atoms with van der Waals surface area (Å²) in [5.41, 5.74) is 6.35. The lowest BCUT2D eigenvalue weighted by Gasteiger charge is -2.14. The molecule has 2 aromatic rings. The van der Waals surface area contributed by atoms with Crippen molar-refractivity contribution in [3.63, 3.8) is 0 Å². The SMILES string of the molecule is CC[C@@H](N)c1ccc(Cl)c(C(=O)c2ccncc2)c1F.[HH].[HH].[HH]. The largest absolute Gasteiger partial charge is 0.324 e. The Morgan fingerprint density at radius 1 is 1.40 bits per heavy atom. The number of halogens is 2. The van der Waals surface area contributed by atoms with E-state index in [0.717, 1.165) is 0 Å². The van der Waals surface area contributed by atoms with Crippen molar-refractivity contribution < 1.29 is 13.5 Å². The molecule has 2 rings (SSSR count). The number of carbonyl (C=O) groups is 1. The maximum absolute atomic E-state index is 14.5. The summed E-state index contributed by atoms with van der Waals surface area (Å²) in [6, 6.07) is 5.60. The van der Waals surface area contributed by atoms with Gasteiger partial charge in [0.05, 0.1) is 10.6 Å². The highest BCUT2D eigenvalue weighted by atomic mass is 35.5. The van der Waals surface area contributed by atoms with Gasteiger partial charge < -0.3 is 5.73 Å². The molecule has 20 heavy (non-hydrogen) atoms. The minimum absolute atomic E-state index is 0. The van der Waals surface area contributed by atoms with E-state index in [4.69, 9.17) is 17.3 Å². The molecule has 0 aliphatic heterocycles. The van der Waals surface area contributed by atoms with Crippen LogP contribution in [0.15, 0.2) is 36.7 Å². The van der Waals surface area contributed by atoms with Crippen LogP contribution in [0.3, 0.4) is 0 Å². The van der Waals surface area contributed by atoms with Crippen molar-refractivity contribution in [1.82, 2.24) is 4.98 Å². The highest BCUT2D eigenvalue weighted by Crippen LogP contribution is 2.28. The number of pyridine rings is 1. The van der Waals surface area contributed by atoms with Crippen LogP contribution in [0.5, 0.6) is 0 Å². The van der Waals surface area contributed by atoms with Gasteiger partial charge in [-0.2, -0.15) is 0 Å². The van der Waals surface area contributed by atoms with E-state index in [-0.39, 0.29) is 14.9 Å². The second kappa shape index (κ2) is 6.11. The molecule has 0 aliphatic carbocycles. The normalized spacial score (nSPS) is 12.2. The lowest BCUT2D eigenvalue weighted by atomic mass is 9.97. The van der Waals surface area contributed by atoms with Crippen LogP contribution in [0.25, 0.3) is 0 Å². The molecule has 1 heterocycles. The summed E-state index contributed by atoms with van der Waals surface area (Å²) in [5, 5.41) is 0.0800. The summed E-state index contributed by atoms with van der Waals surface area (Å²) in [6.45, 7) is 1.85. The van der Waals surface area contributed by atoms with Crippen molar-refractivity contribution >= 4 is 17.4 Å². The highest BCUT2D eigenvalue weighted by Gasteiger charge is 2.22. The predicted octanol–water partition coefficient (Wildman–Crippen LogP) is 4.25. The van der Waals surface area contributed by atoms with Crippen molar-refractivity contribution in [2.75, 3.05) is 0 Å². The Hall–Kier alpha value is -1.78. The van der Waals surface area contributed by atoms with Crippen LogP contribution in [-0.4, -0.2) is 10.8 Å². The maximum atomic E-state index is 14.5. The van der Waals surface area contributed by atoms with Crippen molar-refractivity contribution in [3.05, 3.63) is 64.2 Å². The number of carbonyl (C=O) groups excluding carboxylic acids is 1. The Labute approximate surface area is 126 Å². The molecule has 0 saturated carbocycles. The van der Waals surface area contributed by atoms with Gasteiger partial charge in [-0.05, 0) is 24.6 Å². The van der Waals surface area contributed by atoms with Gasteiger partial charge in [0.25, 0.3) is 0 Å². The van der Waals surface area contributed by atoms with Gasteiger partial charge in [0.1, 0.15) is 5.82 Å². The molecule has 0 bridgehead atoms. The quantitative estimate of drug-likeness (QED) is 0.858. The summed E-state index contributed by atoms with van der Waals surface area (Å²) >= 11 is 5.98. The average Bonchev–Trinajstić information content (AvgIpc) is 2.47. The van der Waals surface area contributed by atoms with Crippen LogP contribution in [0, 0.1) is 5.82 Å². The molecule has 0 amide bonds. The zero-order valence-corrected chi connectivity index (χ0v) is 11.7. The number of hydrogen-bond donors (Lipinski definition) is 1. The second-order valence-corrected chi connectivity index (χ2v) is 4.81. The molecule has 3 nitrogen and oxygen atoms in total. The molecule has 0 aliphatic rings. The number of hydrogen-bond acceptors (Lipinski definition) is 3. The Balaban J connectivity index is 0. The topological polar surface area (TPSA) is 56.0 Å². The molecule has 110 valence electrons. The maximum Gasteiger partial charge on any atom is 0.197 e. The standard InChI is InChI=1S/C15H14ClFN2O.3H2/c1-2-12(18)10-3-4-11(16)13(14(10)17)15(20)9-5-7-19-8-6-9;;;/h3-8,12H,2,18H2,1H3;3*1H/t12-;;;/m1.../s1. The van der Waals surface area contributed by atoms with Crippen molar-refractivity contribution in [1.29, 1.82) is 0 Å². The number of ketones is 1. The van der Waals surface area contributed by atoms with Gasteiger partial charge in [-0.25, -0.2) is 4.39 Å². The molecule has 2 N–H and O–H groups in total. The van der Waals surface area contributed by atoms with Gasteiger partial charge in [-0.15, -0.1) is 0 Å². The van der Waals surface area contributed by atoms with Crippen LogP contribution < -0.4 is 5.73 Å². The third-order valence-electron chi connectivity index (χ3n) is 3.13. The fourth-order valence-electron chi connectivity index (χ4n) is 1.93. The van der Waals surface area contributed by atoms with Gasteiger partial charge >= 0.3 is 0 Å². The van der Waals surface area contributed by atoms with Gasteiger partial charge in [0.15, 0.2) is 5.78 Å². The third kappa shape index (κ3) is 2.71. The third-order valence-corrected chi connectivity index (χ3v) is 3.44. The first-order valence-electron chi connectivity index (χ1n) is 6.24. The Bertz CT molecular complexity index is 644. The first-order valence-corrected chi connectivity index (χ1v) is 6.62. The highest BCUT2D eigenvalue weighted by molar-refractivity contribution is 6.35. The van der Waals surface area contributed by atoms with Crippen LogP contribution in [-0.2, 0) is 0 Å². The number of nitrogens with two attached hydrogens (primary N) is 1. The van der Waals surface area contributed by atoms with E-state index in [1.54, 1.807) is 0 Å². The van der Waals surface area contributed by atoms with Gasteiger partial charge in [0.2, 0.25) is 0 Å². The molecule has 1 atom stereocenters. The first kappa shape index (κ1) is 14.6. The monoisotopic (exact) mass is 298 g/mol. The van der Waals surface area contributed by atoms with Crippen LogP contribution in [0.2, 0.25) is 5.02 Å². The number of nitrogens with zero attached hydrogens (tertiary/aromatic N) is 1. The second-order valence-electron chi connectivity index (χ2n) is 4.41. The van der Waals surface area contributed by atoms with Crippen LogP contribution in [0.4, 0.5) is 4.39 Å². The molecular formula is C15H20ClFN2O. The van der Waals surface area contributed by atoms with Gasteiger partial charge in [-0.1, -0.05) is 24.6 Å². The molecule has 1 aromatic carbocycles. The zero-order valence-electron chi connectivity index (χ0n) is 10.9. The summed E-state index contributed by atoms with van der Waals surface area (Å²) in [4.78, 5) is 16.2. The van der Waals surface area contributed by atoms with Gasteiger partial charge in [0, 0.05) is 33.8 Å². The minimum Gasteiger partial charge on any atom is -0.324 e. The molecule has 1 aromatic heterocycles. The first-order chi connectivity index (χ1) is 9.56.